The van der Waals surface area contributed by atoms with Gasteiger partial charge < -0.3 is 28.8 Å². The molecule has 4 aromatic rings. The number of esters is 1. The Bertz CT molecular complexity index is 1600. The highest BCUT2D eigenvalue weighted by Gasteiger charge is 2.33. The zero-order valence-corrected chi connectivity index (χ0v) is 23.3. The fourth-order valence-corrected chi connectivity index (χ4v) is 5.30. The summed E-state index contributed by atoms with van der Waals surface area (Å²) < 4.78 is 22.7. The van der Waals surface area contributed by atoms with Crippen LogP contribution in [0.25, 0.3) is 22.3 Å². The number of carbonyl (C=O) groups is 1. The summed E-state index contributed by atoms with van der Waals surface area (Å²) in [6, 6.07) is 14.7. The summed E-state index contributed by atoms with van der Waals surface area (Å²) in [7, 11) is 1.44. The first kappa shape index (κ1) is 28.1. The van der Waals surface area contributed by atoms with E-state index >= 15 is 0 Å². The number of phenols is 2. The molecule has 0 bridgehead atoms. The number of methoxy groups -OCH3 is 1. The molecule has 0 amide bonds. The molecule has 0 spiro atoms. The van der Waals surface area contributed by atoms with Crippen LogP contribution in [0, 0.1) is 0 Å². The molecular formula is C33H34O8. The monoisotopic (exact) mass is 558 g/mol. The predicted octanol–water partition coefficient (Wildman–Crippen LogP) is 7.06. The fraction of sp³-hybridized carbons (Fsp3) is 0.333. The molecule has 0 aliphatic carbocycles. The van der Waals surface area contributed by atoms with Crippen LogP contribution in [0.5, 0.6) is 28.7 Å². The molecule has 214 valence electrons. The highest BCUT2D eigenvalue weighted by molar-refractivity contribution is 5.93. The van der Waals surface area contributed by atoms with E-state index in [0.29, 0.717) is 17.7 Å². The third-order valence-electron chi connectivity index (χ3n) is 7.44. The number of aromatic hydroxyl groups is 2. The fourth-order valence-electron chi connectivity index (χ4n) is 5.30. The van der Waals surface area contributed by atoms with Gasteiger partial charge in [-0.3, -0.25) is 9.59 Å². The molecule has 8 nitrogen and oxygen atoms in total. The van der Waals surface area contributed by atoms with E-state index < -0.39 is 17.3 Å². The molecule has 1 atom stereocenters. The quantitative estimate of drug-likeness (QED) is 0.114. The van der Waals surface area contributed by atoms with Gasteiger partial charge in [-0.2, -0.15) is 0 Å². The average molecular weight is 559 g/mol. The summed E-state index contributed by atoms with van der Waals surface area (Å²) in [6.07, 6.45) is 7.14. The number of benzene rings is 3. The number of ether oxygens (including phenoxy) is 3. The minimum atomic E-state index is -0.482. The second-order valence-electron chi connectivity index (χ2n) is 10.3. The van der Waals surface area contributed by atoms with Gasteiger partial charge in [0.1, 0.15) is 34.0 Å². The number of carbonyl (C=O) groups excluding carboxylic acids is 1. The molecule has 2 heterocycles. The topological polar surface area (TPSA) is 115 Å². The Balaban J connectivity index is 1.48. The summed E-state index contributed by atoms with van der Waals surface area (Å²) in [5, 5.41) is 21.0. The van der Waals surface area contributed by atoms with E-state index in [-0.39, 0.29) is 46.1 Å². The zero-order chi connectivity index (χ0) is 28.9. The van der Waals surface area contributed by atoms with Crippen LogP contribution in [0.3, 0.4) is 0 Å². The van der Waals surface area contributed by atoms with Crippen LogP contribution >= 0.6 is 0 Å². The van der Waals surface area contributed by atoms with Crippen molar-refractivity contribution in [3.8, 4) is 40.1 Å². The summed E-state index contributed by atoms with van der Waals surface area (Å²) in [4.78, 5) is 25.8. The summed E-state index contributed by atoms with van der Waals surface area (Å²) in [6.45, 7) is 2.85. The summed E-state index contributed by atoms with van der Waals surface area (Å²) in [5.74, 6) is -0.0598. The number of fused-ring (bicyclic) bond motifs is 3. The Morgan fingerprint density at radius 2 is 1.66 bits per heavy atom. The van der Waals surface area contributed by atoms with Crippen LogP contribution in [-0.4, -0.2) is 29.9 Å². The predicted molar refractivity (Wildman–Crippen MR) is 155 cm³/mol. The van der Waals surface area contributed by atoms with Gasteiger partial charge in [0.25, 0.3) is 0 Å². The van der Waals surface area contributed by atoms with E-state index in [1.165, 1.54) is 51.0 Å². The highest BCUT2D eigenvalue weighted by atomic mass is 16.5. The number of hydrogen-bond donors (Lipinski definition) is 2. The van der Waals surface area contributed by atoms with Crippen molar-refractivity contribution in [1.82, 2.24) is 0 Å². The van der Waals surface area contributed by atoms with Gasteiger partial charge in [-0.1, -0.05) is 51.2 Å². The van der Waals surface area contributed by atoms with Crippen molar-refractivity contribution in [1.29, 1.82) is 0 Å². The van der Waals surface area contributed by atoms with Crippen LogP contribution < -0.4 is 19.6 Å². The van der Waals surface area contributed by atoms with Crippen molar-refractivity contribution in [2.24, 2.45) is 0 Å². The minimum Gasteiger partial charge on any atom is -0.507 e. The molecule has 2 N–H and O–H groups in total. The van der Waals surface area contributed by atoms with Crippen molar-refractivity contribution >= 4 is 16.9 Å². The van der Waals surface area contributed by atoms with Crippen LogP contribution in [0.1, 0.15) is 68.9 Å². The van der Waals surface area contributed by atoms with E-state index in [2.05, 4.69) is 6.92 Å². The number of unbranched alkanes of at least 4 members (excludes halogenated alkanes) is 5. The molecule has 1 aliphatic heterocycles. The van der Waals surface area contributed by atoms with Crippen LogP contribution in [-0.2, 0) is 4.79 Å². The zero-order valence-electron chi connectivity index (χ0n) is 23.3. The van der Waals surface area contributed by atoms with Crippen molar-refractivity contribution in [2.45, 2.75) is 57.8 Å². The maximum atomic E-state index is 13.2. The van der Waals surface area contributed by atoms with Gasteiger partial charge in [0.15, 0.2) is 16.9 Å². The third-order valence-corrected chi connectivity index (χ3v) is 7.44. The lowest BCUT2D eigenvalue weighted by Crippen LogP contribution is -2.22. The van der Waals surface area contributed by atoms with E-state index in [9.17, 15) is 19.8 Å². The molecule has 1 aliphatic rings. The average Bonchev–Trinajstić information content (AvgIpc) is 2.96. The number of hydrogen-bond acceptors (Lipinski definition) is 8. The minimum absolute atomic E-state index is 0.00734. The molecule has 41 heavy (non-hydrogen) atoms. The molecule has 0 unspecified atom stereocenters. The lowest BCUT2D eigenvalue weighted by Gasteiger charge is -2.26. The van der Waals surface area contributed by atoms with Crippen molar-refractivity contribution in [3.63, 3.8) is 0 Å². The van der Waals surface area contributed by atoms with Gasteiger partial charge in [-0.05, 0) is 42.3 Å². The highest BCUT2D eigenvalue weighted by Crippen LogP contribution is 2.46. The number of phenolic OH excluding ortho intramolecular Hbond substituents is 2. The van der Waals surface area contributed by atoms with E-state index in [0.717, 1.165) is 24.2 Å². The molecule has 3 aromatic carbocycles. The maximum Gasteiger partial charge on any atom is 0.312 e. The van der Waals surface area contributed by atoms with Crippen molar-refractivity contribution < 1.29 is 33.6 Å². The van der Waals surface area contributed by atoms with Gasteiger partial charge in [0.05, 0.1) is 20.1 Å². The molecule has 0 saturated carbocycles. The van der Waals surface area contributed by atoms with Gasteiger partial charge in [-0.15, -0.1) is 0 Å². The first-order valence-electron chi connectivity index (χ1n) is 14.0. The van der Waals surface area contributed by atoms with Crippen LogP contribution in [0.2, 0.25) is 0 Å². The smallest absolute Gasteiger partial charge is 0.312 e. The molecule has 5 rings (SSSR count). The second-order valence-corrected chi connectivity index (χ2v) is 10.3. The van der Waals surface area contributed by atoms with E-state index in [4.69, 9.17) is 18.6 Å². The molecule has 0 saturated heterocycles. The van der Waals surface area contributed by atoms with Crippen LogP contribution in [0.4, 0.5) is 0 Å². The van der Waals surface area contributed by atoms with E-state index in [1.807, 2.05) is 24.3 Å². The lowest BCUT2D eigenvalue weighted by molar-refractivity contribution is -0.135. The Kier molecular flexibility index (Phi) is 8.47. The molecule has 1 aromatic heterocycles. The maximum absolute atomic E-state index is 13.2. The Labute approximate surface area is 238 Å². The number of rotatable bonds is 11. The molecule has 0 fully saturated rings. The SMILES string of the molecule is CCCCCCCCOc1ccc([C@H]2CC(=O)Oc3cc(O)c4c(=O)cc(-c5ccc(OC)c(O)c5)oc4c32)cc1. The normalized spacial score (nSPS) is 14.5. The largest absolute Gasteiger partial charge is 0.507 e. The Morgan fingerprint density at radius 1 is 0.902 bits per heavy atom. The first-order chi connectivity index (χ1) is 19.9. The van der Waals surface area contributed by atoms with Gasteiger partial charge >= 0.3 is 5.97 Å². The Morgan fingerprint density at radius 3 is 2.39 bits per heavy atom. The van der Waals surface area contributed by atoms with Gasteiger partial charge in [0.2, 0.25) is 0 Å². The summed E-state index contributed by atoms with van der Waals surface area (Å²) in [5.41, 5.74) is 1.41. The van der Waals surface area contributed by atoms with Gasteiger partial charge in [-0.25, -0.2) is 0 Å². The van der Waals surface area contributed by atoms with Crippen molar-refractivity contribution in [2.75, 3.05) is 13.7 Å². The van der Waals surface area contributed by atoms with Gasteiger partial charge in [0, 0.05) is 29.2 Å². The van der Waals surface area contributed by atoms with E-state index in [1.54, 1.807) is 12.1 Å². The molecule has 8 heteroatoms. The third kappa shape index (κ3) is 6.01. The van der Waals surface area contributed by atoms with Crippen molar-refractivity contribution in [3.05, 3.63) is 75.9 Å². The summed E-state index contributed by atoms with van der Waals surface area (Å²) >= 11 is 0. The second kappa shape index (κ2) is 12.4. The van der Waals surface area contributed by atoms with Crippen LogP contribution in [0.15, 0.2) is 63.8 Å². The first-order valence-corrected chi connectivity index (χ1v) is 14.0. The lowest BCUT2D eigenvalue weighted by atomic mass is 9.85. The standard InChI is InChI=1S/C33H34O8/c1-3-4-5-6-7-8-15-39-22-12-9-20(10-13-22)23-17-30(37)40-29-19-26(36)32-25(35)18-28(41-33(32)31(23)29)21-11-14-27(38-2)24(34)16-21/h9-14,16,18-19,23,34,36H,3-8,15,17H2,1-2H3/t23-/m1/s1. The molecule has 0 radical (unpaired) electrons. The molecular weight excluding hydrogens is 524 g/mol. The Hall–Kier alpha value is -4.46.